The number of fused-ring (bicyclic) bond motifs is 9. The van der Waals surface area contributed by atoms with E-state index >= 15 is 0 Å². The van der Waals surface area contributed by atoms with Crippen LogP contribution in [0, 0.1) is 18.3 Å². The molecule has 2 fully saturated rings. The van der Waals surface area contributed by atoms with Crippen molar-refractivity contribution in [3.8, 4) is 46.3 Å². The highest BCUT2D eigenvalue weighted by molar-refractivity contribution is 7.99. The molecule has 7 aliphatic heterocycles. The molecule has 16 heteroatoms. The first-order valence-corrected chi connectivity index (χ1v) is 20.4. The SMILES string of the molecule is CCc1c2c(c3c(c1OC(C)=O)[C@H]1SC[C@]4(NCCc5cc(O)c(OC)cc54)C(=O)OC[C@@H]3N3C1[C@H]1c4c(cc(C)c(OC)c4OC=O)C[C@@H]([C@@H]3C#N)N1C)OCO2. The summed E-state index contributed by atoms with van der Waals surface area (Å²) < 4.78 is 42.4. The molecule has 0 amide bonds. The van der Waals surface area contributed by atoms with Gasteiger partial charge in [0.2, 0.25) is 6.79 Å². The number of ether oxygens (including phenoxy) is 7. The molecule has 1 unspecified atom stereocenters. The van der Waals surface area contributed by atoms with Crippen LogP contribution in [0.5, 0.6) is 40.2 Å². The molecule has 0 radical (unpaired) electrons. The van der Waals surface area contributed by atoms with E-state index in [0.29, 0.717) is 83.3 Å². The van der Waals surface area contributed by atoms with E-state index in [1.807, 2.05) is 27.0 Å². The molecule has 0 saturated carbocycles. The minimum Gasteiger partial charge on any atom is -0.504 e. The first-order valence-electron chi connectivity index (χ1n) is 19.3. The van der Waals surface area contributed by atoms with Crippen LogP contribution in [-0.4, -0.2) is 98.4 Å². The van der Waals surface area contributed by atoms with Crippen LogP contribution >= 0.6 is 11.8 Å². The molecule has 0 aromatic heterocycles. The Bertz CT molecular complexity index is 2310. The van der Waals surface area contributed by atoms with Crippen LogP contribution in [0.2, 0.25) is 0 Å². The standard InChI is InChI=1S/C42H44N4O11S/c1-7-23-36(57-20(3)48)32-31(39-37(23)55-18-56-39)27-15-53-41(50)42(24-13-29(51-5)28(49)12-21(24)8-9-44-42)16-58-40(32)34-33-30-22(10-19(2)35(52-6)38(30)54-17-47)11-25(45(33)4)26(14-43)46(27)34/h10,12-13,17,25-27,33-34,40,44,49H,7-9,11,15-16,18H2,1-6H3/t25-,26-,27-,33+,34?,40+,42+/m0/s1. The minimum atomic E-state index is -1.39. The molecule has 2 N–H and O–H groups in total. The third-order valence-electron chi connectivity index (χ3n) is 12.8. The second-order valence-electron chi connectivity index (χ2n) is 15.5. The van der Waals surface area contributed by atoms with Gasteiger partial charge in [0.05, 0.1) is 37.6 Å². The average molecular weight is 813 g/mol. The van der Waals surface area contributed by atoms with Gasteiger partial charge >= 0.3 is 11.9 Å². The van der Waals surface area contributed by atoms with Gasteiger partial charge < -0.3 is 38.3 Å². The molecule has 4 bridgehead atoms. The Balaban J connectivity index is 1.35. The van der Waals surface area contributed by atoms with Crippen LogP contribution < -0.4 is 33.7 Å². The summed E-state index contributed by atoms with van der Waals surface area (Å²) in [5, 5.41) is 24.9. The van der Waals surface area contributed by atoms with Gasteiger partial charge in [-0.1, -0.05) is 13.0 Å². The van der Waals surface area contributed by atoms with Crippen LogP contribution in [0.4, 0.5) is 0 Å². The Hall–Kier alpha value is -5.21. The van der Waals surface area contributed by atoms with E-state index in [-0.39, 0.29) is 36.7 Å². The van der Waals surface area contributed by atoms with Gasteiger partial charge in [-0.25, -0.2) is 4.79 Å². The summed E-state index contributed by atoms with van der Waals surface area (Å²) in [6, 6.07) is 5.13. The molecular weight excluding hydrogens is 769 g/mol. The molecule has 58 heavy (non-hydrogen) atoms. The number of piperazine rings is 1. The largest absolute Gasteiger partial charge is 0.504 e. The molecule has 15 nitrogen and oxygen atoms in total. The van der Waals surface area contributed by atoms with Gasteiger partial charge in [0.1, 0.15) is 18.4 Å². The number of nitriles is 1. The number of aryl methyl sites for hydroxylation is 1. The fraction of sp³-hybridized carbons (Fsp3) is 0.476. The summed E-state index contributed by atoms with van der Waals surface area (Å²) in [7, 11) is 4.98. The zero-order valence-electron chi connectivity index (χ0n) is 33.0. The van der Waals surface area contributed by atoms with Crippen molar-refractivity contribution in [1.82, 2.24) is 15.1 Å². The zero-order chi connectivity index (χ0) is 40.8. The fourth-order valence-electron chi connectivity index (χ4n) is 10.5. The molecule has 1 spiro atoms. The number of phenolic OH excluding ortho intramolecular Hbond substituents is 1. The van der Waals surface area contributed by atoms with Gasteiger partial charge in [0.15, 0.2) is 40.0 Å². The Morgan fingerprint density at radius 1 is 1.10 bits per heavy atom. The van der Waals surface area contributed by atoms with E-state index in [1.54, 1.807) is 12.1 Å². The van der Waals surface area contributed by atoms with E-state index in [4.69, 9.17) is 33.2 Å². The first-order chi connectivity index (χ1) is 28.0. The second-order valence-corrected chi connectivity index (χ2v) is 16.6. The highest BCUT2D eigenvalue weighted by Gasteiger charge is 2.62. The molecule has 10 rings (SSSR count). The Morgan fingerprint density at radius 3 is 2.60 bits per heavy atom. The van der Waals surface area contributed by atoms with Crippen molar-refractivity contribution < 1.29 is 52.6 Å². The lowest BCUT2D eigenvalue weighted by molar-refractivity contribution is -0.157. The number of carbonyl (C=O) groups is 3. The number of thioether (sulfide) groups is 1. The van der Waals surface area contributed by atoms with E-state index in [0.717, 1.165) is 22.3 Å². The molecule has 7 atom stereocenters. The van der Waals surface area contributed by atoms with Crippen molar-refractivity contribution in [2.24, 2.45) is 0 Å². The molecule has 7 heterocycles. The summed E-state index contributed by atoms with van der Waals surface area (Å²) in [4.78, 5) is 44.5. The number of likely N-dealkylation sites (N-methyl/N-ethyl adjacent to an activating group) is 1. The third-order valence-corrected chi connectivity index (χ3v) is 14.3. The lowest BCUT2D eigenvalue weighted by atomic mass is 9.71. The molecule has 304 valence electrons. The number of methoxy groups -OCH3 is 2. The normalized spacial score (nSPS) is 27.9. The summed E-state index contributed by atoms with van der Waals surface area (Å²) in [5.74, 6) is 1.26. The van der Waals surface area contributed by atoms with E-state index < -0.39 is 46.9 Å². The van der Waals surface area contributed by atoms with Crippen molar-refractivity contribution in [3.05, 3.63) is 62.7 Å². The number of hydrogen-bond acceptors (Lipinski definition) is 16. The van der Waals surface area contributed by atoms with Gasteiger partial charge in [-0.05, 0) is 67.6 Å². The minimum absolute atomic E-state index is 0.0330. The quantitative estimate of drug-likeness (QED) is 0.207. The van der Waals surface area contributed by atoms with E-state index in [2.05, 4.69) is 21.2 Å². The highest BCUT2D eigenvalue weighted by atomic mass is 32.2. The van der Waals surface area contributed by atoms with Crippen molar-refractivity contribution in [2.75, 3.05) is 47.0 Å². The predicted molar refractivity (Wildman–Crippen MR) is 208 cm³/mol. The smallest absolute Gasteiger partial charge is 0.331 e. The first kappa shape index (κ1) is 38.3. The van der Waals surface area contributed by atoms with Crippen LogP contribution in [0.1, 0.15) is 75.7 Å². The highest BCUT2D eigenvalue weighted by Crippen LogP contribution is 2.65. The van der Waals surface area contributed by atoms with Gasteiger partial charge in [-0.15, -0.1) is 11.8 Å². The molecular formula is C42H44N4O11S. The maximum atomic E-state index is 14.9. The zero-order valence-corrected chi connectivity index (χ0v) is 33.8. The Labute approximate surface area is 339 Å². The molecule has 3 aromatic rings. The molecule has 7 aliphatic rings. The number of rotatable bonds is 6. The van der Waals surface area contributed by atoms with Crippen LogP contribution in [0.15, 0.2) is 18.2 Å². The lowest BCUT2D eigenvalue weighted by Gasteiger charge is -2.62. The van der Waals surface area contributed by atoms with Crippen molar-refractivity contribution >= 4 is 30.2 Å². The van der Waals surface area contributed by atoms with Crippen molar-refractivity contribution in [2.45, 2.75) is 81.0 Å². The number of aromatic hydroxyl groups is 1. The number of esters is 2. The van der Waals surface area contributed by atoms with E-state index in [9.17, 15) is 24.8 Å². The third kappa shape index (κ3) is 5.32. The van der Waals surface area contributed by atoms with Gasteiger partial charge in [0, 0.05) is 53.6 Å². The summed E-state index contributed by atoms with van der Waals surface area (Å²) in [6.45, 7) is 5.77. The Morgan fingerprint density at radius 2 is 1.90 bits per heavy atom. The monoisotopic (exact) mass is 812 g/mol. The second kappa shape index (κ2) is 14.3. The Kier molecular flexibility index (Phi) is 9.42. The number of benzene rings is 3. The molecule has 2 saturated heterocycles. The average Bonchev–Trinajstić information content (AvgIpc) is 3.69. The maximum absolute atomic E-state index is 14.9. The number of nitrogens with zero attached hydrogens (tertiary/aromatic N) is 3. The van der Waals surface area contributed by atoms with Gasteiger partial charge in [-0.3, -0.25) is 24.7 Å². The number of hydrogen-bond donors (Lipinski definition) is 2. The van der Waals surface area contributed by atoms with Crippen LogP contribution in [0.3, 0.4) is 0 Å². The molecule has 3 aromatic carbocycles. The topological polar surface area (TPSA) is 178 Å². The van der Waals surface area contributed by atoms with Crippen molar-refractivity contribution in [1.29, 1.82) is 5.26 Å². The van der Waals surface area contributed by atoms with Crippen LogP contribution in [0.25, 0.3) is 0 Å². The number of nitrogens with one attached hydrogen (secondary N) is 1. The fourth-order valence-corrected chi connectivity index (χ4v) is 12.2. The van der Waals surface area contributed by atoms with Crippen LogP contribution in [-0.2, 0) is 43.9 Å². The summed E-state index contributed by atoms with van der Waals surface area (Å²) in [6.07, 6.45) is 1.45. The summed E-state index contributed by atoms with van der Waals surface area (Å²) in [5.41, 5.74) is 4.47. The predicted octanol–water partition coefficient (Wildman–Crippen LogP) is 4.07. The van der Waals surface area contributed by atoms with Crippen molar-refractivity contribution in [3.63, 3.8) is 0 Å². The number of carbonyl (C=O) groups excluding carboxylic acids is 3. The summed E-state index contributed by atoms with van der Waals surface area (Å²) >= 11 is 1.47. The maximum Gasteiger partial charge on any atom is 0.331 e. The number of phenols is 1. The van der Waals surface area contributed by atoms with Gasteiger partial charge in [0.25, 0.3) is 6.47 Å². The van der Waals surface area contributed by atoms with Gasteiger partial charge in [-0.2, -0.15) is 5.26 Å². The lowest BCUT2D eigenvalue weighted by Crippen LogP contribution is -2.69. The van der Waals surface area contributed by atoms with E-state index in [1.165, 1.54) is 32.9 Å². The molecule has 0 aliphatic carbocycles.